The number of nitrogens with zero attached hydrogens (tertiary/aromatic N) is 1. The minimum absolute atomic E-state index is 0.0185. The third-order valence-electron chi connectivity index (χ3n) is 2.25. The number of carbonyl (C=O) groups excluding carboxylic acids is 1. The van der Waals surface area contributed by atoms with Gasteiger partial charge in [-0.05, 0) is 12.8 Å². The molecule has 1 aromatic rings. The fourth-order valence-corrected chi connectivity index (χ4v) is 1.52. The first kappa shape index (κ1) is 11.9. The molecule has 0 aromatic carbocycles. The molecule has 15 heavy (non-hydrogen) atoms. The SMILES string of the molecule is CC(CO)C(C)NC(=O)c1csc(N)n1. The topological polar surface area (TPSA) is 88.2 Å². The fourth-order valence-electron chi connectivity index (χ4n) is 0.973. The maximum absolute atomic E-state index is 11.6. The highest BCUT2D eigenvalue weighted by molar-refractivity contribution is 7.13. The van der Waals surface area contributed by atoms with Gasteiger partial charge in [0.2, 0.25) is 0 Å². The lowest BCUT2D eigenvalue weighted by atomic mass is 10.1. The molecule has 5 nitrogen and oxygen atoms in total. The molecule has 1 rings (SSSR count). The number of aliphatic hydroxyl groups is 1. The van der Waals surface area contributed by atoms with E-state index in [1.807, 2.05) is 13.8 Å². The zero-order valence-corrected chi connectivity index (χ0v) is 9.54. The molecule has 6 heteroatoms. The Morgan fingerprint density at radius 3 is 2.87 bits per heavy atom. The third-order valence-corrected chi connectivity index (χ3v) is 2.93. The average Bonchev–Trinajstić information content (AvgIpc) is 2.63. The molecule has 0 fully saturated rings. The van der Waals surface area contributed by atoms with E-state index in [1.165, 1.54) is 11.3 Å². The van der Waals surface area contributed by atoms with E-state index in [2.05, 4.69) is 10.3 Å². The van der Waals surface area contributed by atoms with Crippen molar-refractivity contribution >= 4 is 22.4 Å². The molecule has 0 aliphatic heterocycles. The predicted molar refractivity (Wildman–Crippen MR) is 59.7 cm³/mol. The van der Waals surface area contributed by atoms with Crippen molar-refractivity contribution in [3.05, 3.63) is 11.1 Å². The van der Waals surface area contributed by atoms with Crippen LogP contribution in [0.3, 0.4) is 0 Å². The summed E-state index contributed by atoms with van der Waals surface area (Å²) in [6.45, 7) is 3.75. The van der Waals surface area contributed by atoms with E-state index in [0.717, 1.165) is 0 Å². The number of nitrogens with one attached hydrogen (secondary N) is 1. The van der Waals surface area contributed by atoms with Gasteiger partial charge in [0.05, 0.1) is 0 Å². The molecule has 2 atom stereocenters. The largest absolute Gasteiger partial charge is 0.396 e. The summed E-state index contributed by atoms with van der Waals surface area (Å²) in [5, 5.41) is 13.6. The molecule has 84 valence electrons. The Bertz CT molecular complexity index is 340. The Morgan fingerprint density at radius 1 is 1.73 bits per heavy atom. The average molecular weight is 229 g/mol. The normalized spacial score (nSPS) is 14.6. The molecule has 4 N–H and O–H groups in total. The first-order valence-corrected chi connectivity index (χ1v) is 5.55. The molecule has 0 saturated heterocycles. The van der Waals surface area contributed by atoms with Gasteiger partial charge in [0.15, 0.2) is 5.13 Å². The third kappa shape index (κ3) is 3.17. The second-order valence-corrected chi connectivity index (χ2v) is 4.38. The number of hydrogen-bond acceptors (Lipinski definition) is 5. The lowest BCUT2D eigenvalue weighted by Gasteiger charge is -2.18. The Balaban J connectivity index is 2.56. The smallest absolute Gasteiger partial charge is 0.271 e. The van der Waals surface area contributed by atoms with Crippen molar-refractivity contribution in [2.24, 2.45) is 5.92 Å². The maximum atomic E-state index is 11.6. The Hall–Kier alpha value is -1.14. The molecule has 2 unspecified atom stereocenters. The second-order valence-electron chi connectivity index (χ2n) is 3.49. The number of aromatic nitrogens is 1. The zero-order valence-electron chi connectivity index (χ0n) is 8.73. The van der Waals surface area contributed by atoms with E-state index in [1.54, 1.807) is 5.38 Å². The molecule has 0 aliphatic carbocycles. The summed E-state index contributed by atoms with van der Waals surface area (Å²) in [6, 6.07) is -0.0922. The lowest BCUT2D eigenvalue weighted by molar-refractivity contribution is 0.0912. The van der Waals surface area contributed by atoms with Crippen molar-refractivity contribution in [2.75, 3.05) is 12.3 Å². The number of thiazole rings is 1. The summed E-state index contributed by atoms with van der Waals surface area (Å²) in [5.41, 5.74) is 5.75. The number of carbonyl (C=O) groups is 1. The van der Waals surface area contributed by atoms with Gasteiger partial charge in [-0.2, -0.15) is 0 Å². The van der Waals surface area contributed by atoms with Crippen molar-refractivity contribution in [1.29, 1.82) is 0 Å². The minimum Gasteiger partial charge on any atom is -0.396 e. The first-order chi connectivity index (χ1) is 7.04. The van der Waals surface area contributed by atoms with Crippen LogP contribution in [0.1, 0.15) is 24.3 Å². The fraction of sp³-hybridized carbons (Fsp3) is 0.556. The van der Waals surface area contributed by atoms with Gasteiger partial charge in [-0.1, -0.05) is 6.92 Å². The minimum atomic E-state index is -0.254. The van der Waals surface area contributed by atoms with Crippen molar-refractivity contribution in [3.8, 4) is 0 Å². The van der Waals surface area contributed by atoms with Gasteiger partial charge in [-0.3, -0.25) is 4.79 Å². The molecule has 0 saturated carbocycles. The van der Waals surface area contributed by atoms with Gasteiger partial charge in [-0.25, -0.2) is 4.98 Å². The van der Waals surface area contributed by atoms with Crippen LogP contribution in [-0.4, -0.2) is 28.6 Å². The van der Waals surface area contributed by atoms with Gasteiger partial charge in [-0.15, -0.1) is 11.3 Å². The monoisotopic (exact) mass is 229 g/mol. The van der Waals surface area contributed by atoms with Crippen molar-refractivity contribution in [2.45, 2.75) is 19.9 Å². The molecule has 0 aliphatic rings. The lowest BCUT2D eigenvalue weighted by Crippen LogP contribution is -2.38. The van der Waals surface area contributed by atoms with E-state index in [9.17, 15) is 4.79 Å². The van der Waals surface area contributed by atoms with E-state index in [-0.39, 0.29) is 24.5 Å². The number of anilines is 1. The highest BCUT2D eigenvalue weighted by atomic mass is 32.1. The van der Waals surface area contributed by atoms with Crippen LogP contribution in [0, 0.1) is 5.92 Å². The van der Waals surface area contributed by atoms with Crippen LogP contribution in [0.15, 0.2) is 5.38 Å². The van der Waals surface area contributed by atoms with E-state index in [0.29, 0.717) is 10.8 Å². The standard InChI is InChI=1S/C9H15N3O2S/c1-5(3-13)6(2)11-8(14)7-4-15-9(10)12-7/h4-6,13H,3H2,1-2H3,(H2,10,12)(H,11,14). The van der Waals surface area contributed by atoms with Crippen LogP contribution in [0.5, 0.6) is 0 Å². The number of nitrogens with two attached hydrogens (primary N) is 1. The number of rotatable bonds is 4. The summed E-state index contributed by atoms with van der Waals surface area (Å²) in [5.74, 6) is -0.235. The molecule has 0 spiro atoms. The van der Waals surface area contributed by atoms with Gasteiger partial charge in [0.25, 0.3) is 5.91 Å². The quantitative estimate of drug-likeness (QED) is 0.700. The summed E-state index contributed by atoms with van der Waals surface area (Å²) in [7, 11) is 0. The molecule has 1 aromatic heterocycles. The Kier molecular flexibility index (Phi) is 4.05. The van der Waals surface area contributed by atoms with Crippen molar-refractivity contribution in [1.82, 2.24) is 10.3 Å². The van der Waals surface area contributed by atoms with Crippen molar-refractivity contribution < 1.29 is 9.90 Å². The number of hydrogen-bond donors (Lipinski definition) is 3. The van der Waals surface area contributed by atoms with E-state index < -0.39 is 0 Å². The van der Waals surface area contributed by atoms with Crippen LogP contribution in [-0.2, 0) is 0 Å². The van der Waals surface area contributed by atoms with Crippen LogP contribution in [0.2, 0.25) is 0 Å². The van der Waals surface area contributed by atoms with Crippen LogP contribution in [0.4, 0.5) is 5.13 Å². The molecular weight excluding hydrogens is 214 g/mol. The van der Waals surface area contributed by atoms with Gasteiger partial charge in [0, 0.05) is 18.0 Å². The summed E-state index contributed by atoms with van der Waals surface area (Å²) in [6.07, 6.45) is 0. The Labute approximate surface area is 92.3 Å². The molecule has 0 radical (unpaired) electrons. The van der Waals surface area contributed by atoms with Crippen LogP contribution >= 0.6 is 11.3 Å². The van der Waals surface area contributed by atoms with Crippen LogP contribution < -0.4 is 11.1 Å². The number of aliphatic hydroxyl groups excluding tert-OH is 1. The molecule has 1 amide bonds. The molecular formula is C9H15N3O2S. The van der Waals surface area contributed by atoms with Crippen LogP contribution in [0.25, 0.3) is 0 Å². The predicted octanol–water partition coefficient (Wildman–Crippen LogP) is 0.472. The van der Waals surface area contributed by atoms with Gasteiger partial charge in [0.1, 0.15) is 5.69 Å². The van der Waals surface area contributed by atoms with E-state index >= 15 is 0 Å². The molecule has 0 bridgehead atoms. The highest BCUT2D eigenvalue weighted by Gasteiger charge is 2.16. The zero-order chi connectivity index (χ0) is 11.4. The van der Waals surface area contributed by atoms with Gasteiger partial charge < -0.3 is 16.2 Å². The summed E-state index contributed by atoms with van der Waals surface area (Å²) < 4.78 is 0. The first-order valence-electron chi connectivity index (χ1n) is 4.67. The van der Waals surface area contributed by atoms with Crippen molar-refractivity contribution in [3.63, 3.8) is 0 Å². The van der Waals surface area contributed by atoms with Gasteiger partial charge >= 0.3 is 0 Å². The maximum Gasteiger partial charge on any atom is 0.271 e. The summed E-state index contributed by atoms with van der Waals surface area (Å²) in [4.78, 5) is 15.5. The molecule has 1 heterocycles. The van der Waals surface area contributed by atoms with E-state index in [4.69, 9.17) is 10.8 Å². The summed E-state index contributed by atoms with van der Waals surface area (Å²) >= 11 is 1.23. The second kappa shape index (κ2) is 5.09. The number of amides is 1. The number of nitrogen functional groups attached to an aromatic ring is 1. The Morgan fingerprint density at radius 2 is 2.40 bits per heavy atom. The highest BCUT2D eigenvalue weighted by Crippen LogP contribution is 2.11.